The van der Waals surface area contributed by atoms with Crippen molar-refractivity contribution in [1.82, 2.24) is 20.1 Å². The molecule has 0 radical (unpaired) electrons. The zero-order valence-electron chi connectivity index (χ0n) is 14.0. The van der Waals surface area contributed by atoms with Crippen molar-refractivity contribution in [1.29, 1.82) is 0 Å². The van der Waals surface area contributed by atoms with Crippen LogP contribution in [0.5, 0.6) is 0 Å². The molecule has 5 nitrogen and oxygen atoms in total. The second kappa shape index (κ2) is 7.58. The van der Waals surface area contributed by atoms with Crippen molar-refractivity contribution >= 4 is 6.03 Å². The van der Waals surface area contributed by atoms with Crippen molar-refractivity contribution in [3.63, 3.8) is 0 Å². The highest BCUT2D eigenvalue weighted by Crippen LogP contribution is 2.19. The number of nitrogens with one attached hydrogen (secondary N) is 1. The van der Waals surface area contributed by atoms with Crippen LogP contribution in [-0.2, 0) is 6.54 Å². The van der Waals surface area contributed by atoms with Gasteiger partial charge in [-0.2, -0.15) is 0 Å². The van der Waals surface area contributed by atoms with E-state index in [4.69, 9.17) is 0 Å². The fourth-order valence-corrected chi connectivity index (χ4v) is 2.84. The SMILES string of the molecule is CN(Cc1ccccn1)C(=O)NCC(C)(C)N1CCCCC1. The van der Waals surface area contributed by atoms with Gasteiger partial charge in [0, 0.05) is 25.3 Å². The third-order valence-corrected chi connectivity index (χ3v) is 4.36. The molecule has 22 heavy (non-hydrogen) atoms. The van der Waals surface area contributed by atoms with Crippen LogP contribution in [0.3, 0.4) is 0 Å². The van der Waals surface area contributed by atoms with Crippen molar-refractivity contribution in [3.05, 3.63) is 30.1 Å². The number of rotatable bonds is 5. The van der Waals surface area contributed by atoms with E-state index < -0.39 is 0 Å². The van der Waals surface area contributed by atoms with Crippen molar-refractivity contribution < 1.29 is 4.79 Å². The predicted molar refractivity (Wildman–Crippen MR) is 88.6 cm³/mol. The van der Waals surface area contributed by atoms with E-state index >= 15 is 0 Å². The van der Waals surface area contributed by atoms with Gasteiger partial charge in [0.2, 0.25) is 0 Å². The monoisotopic (exact) mass is 304 g/mol. The normalized spacial score (nSPS) is 16.3. The quantitative estimate of drug-likeness (QED) is 0.909. The first-order valence-corrected chi connectivity index (χ1v) is 8.13. The number of amides is 2. The van der Waals surface area contributed by atoms with E-state index in [9.17, 15) is 4.79 Å². The van der Waals surface area contributed by atoms with Gasteiger partial charge < -0.3 is 10.2 Å². The lowest BCUT2D eigenvalue weighted by atomic mass is 9.98. The maximum Gasteiger partial charge on any atom is 0.317 e. The molecule has 1 saturated heterocycles. The Morgan fingerprint density at radius 2 is 2.05 bits per heavy atom. The van der Waals surface area contributed by atoms with Crippen LogP contribution in [0.2, 0.25) is 0 Å². The van der Waals surface area contributed by atoms with Crippen LogP contribution in [0.1, 0.15) is 38.8 Å². The second-order valence-corrected chi connectivity index (χ2v) is 6.70. The maximum absolute atomic E-state index is 12.2. The van der Waals surface area contributed by atoms with Gasteiger partial charge in [-0.05, 0) is 51.9 Å². The molecule has 0 spiro atoms. The van der Waals surface area contributed by atoms with Gasteiger partial charge in [0.05, 0.1) is 12.2 Å². The number of carbonyl (C=O) groups is 1. The second-order valence-electron chi connectivity index (χ2n) is 6.70. The summed E-state index contributed by atoms with van der Waals surface area (Å²) in [6.07, 6.45) is 5.60. The Hall–Kier alpha value is -1.62. The van der Waals surface area contributed by atoms with Gasteiger partial charge in [-0.25, -0.2) is 4.79 Å². The first-order valence-electron chi connectivity index (χ1n) is 8.13. The number of carbonyl (C=O) groups excluding carboxylic acids is 1. The Labute approximate surface area is 133 Å². The number of piperidine rings is 1. The molecule has 2 amide bonds. The van der Waals surface area contributed by atoms with Gasteiger partial charge in [0.15, 0.2) is 0 Å². The van der Waals surface area contributed by atoms with Gasteiger partial charge in [-0.3, -0.25) is 9.88 Å². The topological polar surface area (TPSA) is 48.5 Å². The van der Waals surface area contributed by atoms with Crippen molar-refractivity contribution in [3.8, 4) is 0 Å². The maximum atomic E-state index is 12.2. The molecule has 2 rings (SSSR count). The third-order valence-electron chi connectivity index (χ3n) is 4.36. The molecule has 0 aliphatic carbocycles. The molecular weight excluding hydrogens is 276 g/mol. The molecule has 0 bridgehead atoms. The number of pyridine rings is 1. The fourth-order valence-electron chi connectivity index (χ4n) is 2.84. The number of nitrogens with zero attached hydrogens (tertiary/aromatic N) is 3. The van der Waals surface area contributed by atoms with Crippen LogP contribution in [0, 0.1) is 0 Å². The minimum atomic E-state index is -0.0456. The van der Waals surface area contributed by atoms with E-state index in [-0.39, 0.29) is 11.6 Å². The van der Waals surface area contributed by atoms with Gasteiger partial charge in [-0.15, -0.1) is 0 Å². The van der Waals surface area contributed by atoms with Crippen LogP contribution < -0.4 is 5.32 Å². The lowest BCUT2D eigenvalue weighted by molar-refractivity contribution is 0.0942. The van der Waals surface area contributed by atoms with Gasteiger partial charge in [0.1, 0.15) is 0 Å². The molecular formula is C17H28N4O. The fraction of sp³-hybridized carbons (Fsp3) is 0.647. The molecule has 1 aromatic rings. The molecule has 0 saturated carbocycles. The van der Waals surface area contributed by atoms with E-state index in [2.05, 4.69) is 29.0 Å². The smallest absolute Gasteiger partial charge is 0.317 e. The number of urea groups is 1. The highest BCUT2D eigenvalue weighted by Gasteiger charge is 2.28. The van der Waals surface area contributed by atoms with E-state index in [1.54, 1.807) is 18.1 Å². The Bertz CT molecular complexity index is 469. The van der Waals surface area contributed by atoms with Crippen LogP contribution >= 0.6 is 0 Å². The average Bonchev–Trinajstić information content (AvgIpc) is 2.54. The molecule has 0 atom stereocenters. The summed E-state index contributed by atoms with van der Waals surface area (Å²) < 4.78 is 0. The molecule has 2 heterocycles. The van der Waals surface area contributed by atoms with Crippen molar-refractivity contribution in [2.24, 2.45) is 0 Å². The van der Waals surface area contributed by atoms with E-state index in [0.29, 0.717) is 13.1 Å². The van der Waals surface area contributed by atoms with E-state index in [1.165, 1.54) is 19.3 Å². The Kier molecular flexibility index (Phi) is 5.77. The highest BCUT2D eigenvalue weighted by atomic mass is 16.2. The minimum absolute atomic E-state index is 0.00190. The summed E-state index contributed by atoms with van der Waals surface area (Å²) in [5.41, 5.74) is 0.900. The van der Waals surface area contributed by atoms with Crippen LogP contribution in [0.25, 0.3) is 0 Å². The molecule has 0 unspecified atom stereocenters. The first kappa shape index (κ1) is 16.7. The summed E-state index contributed by atoms with van der Waals surface area (Å²) in [6.45, 7) is 7.86. The number of hydrogen-bond donors (Lipinski definition) is 1. The molecule has 1 N–H and O–H groups in total. The molecule has 1 aromatic heterocycles. The van der Waals surface area contributed by atoms with Gasteiger partial charge >= 0.3 is 6.03 Å². The van der Waals surface area contributed by atoms with E-state index in [0.717, 1.165) is 18.8 Å². The number of hydrogen-bond acceptors (Lipinski definition) is 3. The summed E-state index contributed by atoms with van der Waals surface area (Å²) >= 11 is 0. The molecule has 1 fully saturated rings. The average molecular weight is 304 g/mol. The summed E-state index contributed by atoms with van der Waals surface area (Å²) in [5.74, 6) is 0. The lowest BCUT2D eigenvalue weighted by Crippen LogP contribution is -2.54. The van der Waals surface area contributed by atoms with Gasteiger partial charge in [0.25, 0.3) is 0 Å². The molecule has 122 valence electrons. The minimum Gasteiger partial charge on any atom is -0.336 e. The number of likely N-dealkylation sites (tertiary alicyclic amines) is 1. The summed E-state index contributed by atoms with van der Waals surface area (Å²) in [5, 5.41) is 3.06. The Balaban J connectivity index is 1.80. The van der Waals surface area contributed by atoms with Crippen molar-refractivity contribution in [2.75, 3.05) is 26.7 Å². The largest absolute Gasteiger partial charge is 0.336 e. The molecule has 5 heteroatoms. The summed E-state index contributed by atoms with van der Waals surface area (Å²) in [7, 11) is 1.80. The Morgan fingerprint density at radius 3 is 2.68 bits per heavy atom. The first-order chi connectivity index (χ1) is 10.5. The predicted octanol–water partition coefficient (Wildman–Crippen LogP) is 2.49. The summed E-state index contributed by atoms with van der Waals surface area (Å²) in [6, 6.07) is 5.70. The van der Waals surface area contributed by atoms with Crippen LogP contribution in [0.4, 0.5) is 4.79 Å². The van der Waals surface area contributed by atoms with Crippen LogP contribution in [-0.4, -0.2) is 53.0 Å². The Morgan fingerprint density at radius 1 is 1.32 bits per heavy atom. The van der Waals surface area contributed by atoms with E-state index in [1.807, 2.05) is 18.2 Å². The zero-order valence-corrected chi connectivity index (χ0v) is 14.0. The standard InChI is InChI=1S/C17H28N4O/c1-17(2,21-11-7-4-8-12-21)14-19-16(22)20(3)13-15-9-5-6-10-18-15/h5-6,9-10H,4,7-8,11-14H2,1-3H3,(H,19,22). The molecule has 1 aliphatic heterocycles. The zero-order chi connectivity index (χ0) is 16.0. The van der Waals surface area contributed by atoms with Gasteiger partial charge in [-0.1, -0.05) is 12.5 Å². The summed E-state index contributed by atoms with van der Waals surface area (Å²) in [4.78, 5) is 20.7. The molecule has 0 aromatic carbocycles. The van der Waals surface area contributed by atoms with Crippen LogP contribution in [0.15, 0.2) is 24.4 Å². The molecule has 1 aliphatic rings. The lowest BCUT2D eigenvalue weighted by Gasteiger charge is -2.41. The highest BCUT2D eigenvalue weighted by molar-refractivity contribution is 5.73. The van der Waals surface area contributed by atoms with Crippen molar-refractivity contribution in [2.45, 2.75) is 45.2 Å². The third kappa shape index (κ3) is 4.70. The number of aromatic nitrogens is 1.